The summed E-state index contributed by atoms with van der Waals surface area (Å²) in [6, 6.07) is 10.5. The van der Waals surface area contributed by atoms with E-state index in [0.717, 1.165) is 50.9 Å². The van der Waals surface area contributed by atoms with E-state index in [9.17, 15) is 0 Å². The lowest BCUT2D eigenvalue weighted by Crippen LogP contribution is -2.41. The summed E-state index contributed by atoms with van der Waals surface area (Å²) in [4.78, 5) is 6.56. The van der Waals surface area contributed by atoms with Crippen molar-refractivity contribution < 1.29 is 0 Å². The molecule has 0 amide bonds. The Morgan fingerprint density at radius 2 is 1.92 bits per heavy atom. The topological polar surface area (TPSA) is 70.4 Å². The van der Waals surface area contributed by atoms with Crippen molar-refractivity contribution in [2.45, 2.75) is 26.4 Å². The molecule has 1 heterocycles. The minimum Gasteiger partial charge on any atom is -0.355 e. The smallest absolute Gasteiger partial charge is 0.191 e. The number of nitrogens with one attached hydrogen (secondary N) is 2. The van der Waals surface area contributed by atoms with Crippen LogP contribution in [0.25, 0.3) is 0 Å². The summed E-state index contributed by atoms with van der Waals surface area (Å²) in [6.45, 7) is 6.43. The molecular formula is C18H30IN7. The van der Waals surface area contributed by atoms with E-state index in [1.54, 1.807) is 13.4 Å². The van der Waals surface area contributed by atoms with Crippen LogP contribution in [0.3, 0.4) is 0 Å². The van der Waals surface area contributed by atoms with E-state index >= 15 is 0 Å². The van der Waals surface area contributed by atoms with Crippen molar-refractivity contribution >= 4 is 29.9 Å². The number of hydrogen-bond acceptors (Lipinski definition) is 4. The summed E-state index contributed by atoms with van der Waals surface area (Å²) in [6.07, 6.45) is 2.66. The zero-order valence-corrected chi connectivity index (χ0v) is 18.2. The van der Waals surface area contributed by atoms with Crippen LogP contribution >= 0.6 is 24.0 Å². The highest BCUT2D eigenvalue weighted by Gasteiger charge is 2.03. The van der Waals surface area contributed by atoms with Gasteiger partial charge in [-0.1, -0.05) is 37.3 Å². The predicted molar refractivity (Wildman–Crippen MR) is 117 cm³/mol. The summed E-state index contributed by atoms with van der Waals surface area (Å²) in [5, 5.41) is 14.7. The summed E-state index contributed by atoms with van der Waals surface area (Å²) < 4.78 is 2.06. The lowest BCUT2D eigenvalue weighted by Gasteiger charge is -2.18. The molecule has 2 rings (SSSR count). The van der Waals surface area contributed by atoms with Crippen LogP contribution in [-0.2, 0) is 19.5 Å². The molecule has 0 aliphatic rings. The summed E-state index contributed by atoms with van der Waals surface area (Å²) >= 11 is 0. The van der Waals surface area contributed by atoms with Gasteiger partial charge in [0, 0.05) is 46.2 Å². The largest absolute Gasteiger partial charge is 0.355 e. The van der Waals surface area contributed by atoms with Gasteiger partial charge in [-0.15, -0.1) is 34.2 Å². The van der Waals surface area contributed by atoms with E-state index in [4.69, 9.17) is 0 Å². The molecule has 0 saturated carbocycles. The molecule has 0 saturated heterocycles. The zero-order valence-electron chi connectivity index (χ0n) is 15.9. The van der Waals surface area contributed by atoms with Crippen molar-refractivity contribution in [1.29, 1.82) is 0 Å². The van der Waals surface area contributed by atoms with E-state index in [-0.39, 0.29) is 24.0 Å². The first-order valence-corrected chi connectivity index (χ1v) is 8.76. The van der Waals surface area contributed by atoms with Gasteiger partial charge in [0.05, 0.1) is 0 Å². The number of aromatic nitrogens is 3. The SMILES string of the molecule is CCc1nncn1CCNC(=NC)NCCN(C)Cc1ccccc1.I. The zero-order chi connectivity index (χ0) is 17.9. The summed E-state index contributed by atoms with van der Waals surface area (Å²) in [7, 11) is 3.92. The Labute approximate surface area is 173 Å². The Morgan fingerprint density at radius 1 is 1.19 bits per heavy atom. The number of aryl methyl sites for hydroxylation is 1. The number of rotatable bonds is 9. The standard InChI is InChI=1S/C18H29N7.HI/c1-4-17-23-22-15-25(17)13-11-21-18(19-2)20-10-12-24(3)14-16-8-6-5-7-9-16;/h5-9,15H,4,10-14H2,1-3H3,(H2,19,20,21);1H. The van der Waals surface area contributed by atoms with Crippen LogP contribution < -0.4 is 10.6 Å². The van der Waals surface area contributed by atoms with Crippen LogP contribution in [-0.4, -0.2) is 59.4 Å². The fraction of sp³-hybridized carbons (Fsp3) is 0.500. The van der Waals surface area contributed by atoms with Crippen LogP contribution in [0, 0.1) is 0 Å². The first-order valence-electron chi connectivity index (χ1n) is 8.76. The predicted octanol–water partition coefficient (Wildman–Crippen LogP) is 1.76. The number of aliphatic imine (C=N–C) groups is 1. The van der Waals surface area contributed by atoms with Gasteiger partial charge in [-0.05, 0) is 12.6 Å². The second-order valence-corrected chi connectivity index (χ2v) is 5.94. The third-order valence-electron chi connectivity index (χ3n) is 3.96. The van der Waals surface area contributed by atoms with E-state index in [2.05, 4.69) is 73.5 Å². The van der Waals surface area contributed by atoms with Crippen molar-refractivity contribution in [1.82, 2.24) is 30.3 Å². The second-order valence-electron chi connectivity index (χ2n) is 5.94. The second kappa shape index (κ2) is 12.6. The fourth-order valence-electron chi connectivity index (χ4n) is 2.59. The molecule has 0 radical (unpaired) electrons. The van der Waals surface area contributed by atoms with Crippen LogP contribution in [0.4, 0.5) is 0 Å². The minimum absolute atomic E-state index is 0. The molecule has 0 aliphatic heterocycles. The molecule has 1 aromatic heterocycles. The highest BCUT2D eigenvalue weighted by Crippen LogP contribution is 2.01. The number of halogens is 1. The Morgan fingerprint density at radius 3 is 2.62 bits per heavy atom. The van der Waals surface area contributed by atoms with Gasteiger partial charge in [0.1, 0.15) is 12.2 Å². The van der Waals surface area contributed by atoms with E-state index in [1.165, 1.54) is 5.56 Å². The number of hydrogen-bond donors (Lipinski definition) is 2. The summed E-state index contributed by atoms with van der Waals surface area (Å²) in [5.74, 6) is 1.83. The van der Waals surface area contributed by atoms with Crippen LogP contribution in [0.5, 0.6) is 0 Å². The number of guanidine groups is 1. The van der Waals surface area contributed by atoms with Gasteiger partial charge in [0.2, 0.25) is 0 Å². The average Bonchev–Trinajstić information content (AvgIpc) is 3.08. The molecule has 1 aromatic carbocycles. The molecule has 2 aromatic rings. The Kier molecular flexibility index (Phi) is 10.9. The lowest BCUT2D eigenvalue weighted by atomic mass is 10.2. The highest BCUT2D eigenvalue weighted by atomic mass is 127. The lowest BCUT2D eigenvalue weighted by molar-refractivity contribution is 0.331. The number of benzene rings is 1. The Balaban J connectivity index is 0.00000338. The quantitative estimate of drug-likeness (QED) is 0.332. The molecule has 2 N–H and O–H groups in total. The first kappa shape index (κ1) is 22.4. The molecule has 0 fully saturated rings. The maximum absolute atomic E-state index is 4.27. The van der Waals surface area contributed by atoms with Gasteiger partial charge in [-0.25, -0.2) is 0 Å². The van der Waals surface area contributed by atoms with Crippen molar-refractivity contribution in [2.75, 3.05) is 33.7 Å². The molecule has 0 unspecified atom stereocenters. The minimum atomic E-state index is 0. The van der Waals surface area contributed by atoms with Crippen molar-refractivity contribution in [2.24, 2.45) is 4.99 Å². The fourth-order valence-corrected chi connectivity index (χ4v) is 2.59. The molecular weight excluding hydrogens is 441 g/mol. The molecule has 0 atom stereocenters. The van der Waals surface area contributed by atoms with Crippen LogP contribution in [0.2, 0.25) is 0 Å². The van der Waals surface area contributed by atoms with Gasteiger partial charge in [-0.3, -0.25) is 4.99 Å². The van der Waals surface area contributed by atoms with Crippen molar-refractivity contribution in [3.05, 3.63) is 48.0 Å². The molecule has 0 spiro atoms. The monoisotopic (exact) mass is 471 g/mol. The van der Waals surface area contributed by atoms with Gasteiger partial charge >= 0.3 is 0 Å². The normalized spacial score (nSPS) is 11.3. The van der Waals surface area contributed by atoms with Gasteiger partial charge in [-0.2, -0.15) is 0 Å². The molecule has 7 nitrogen and oxygen atoms in total. The molecule has 144 valence electrons. The number of likely N-dealkylation sites (N-methyl/N-ethyl adjacent to an activating group) is 1. The third kappa shape index (κ3) is 7.69. The first-order chi connectivity index (χ1) is 12.2. The maximum atomic E-state index is 4.27. The van der Waals surface area contributed by atoms with Gasteiger partial charge in [0.15, 0.2) is 5.96 Å². The molecule has 0 bridgehead atoms. The Hall–Kier alpha value is -1.68. The Bertz CT molecular complexity index is 642. The van der Waals surface area contributed by atoms with E-state index in [0.29, 0.717) is 0 Å². The average molecular weight is 471 g/mol. The van der Waals surface area contributed by atoms with Crippen molar-refractivity contribution in [3.63, 3.8) is 0 Å². The van der Waals surface area contributed by atoms with Gasteiger partial charge < -0.3 is 20.1 Å². The molecule has 8 heteroatoms. The third-order valence-corrected chi connectivity index (χ3v) is 3.96. The number of nitrogens with zero attached hydrogens (tertiary/aromatic N) is 5. The van der Waals surface area contributed by atoms with E-state index < -0.39 is 0 Å². The van der Waals surface area contributed by atoms with Gasteiger partial charge in [0.25, 0.3) is 0 Å². The van der Waals surface area contributed by atoms with E-state index in [1.807, 2.05) is 6.07 Å². The van der Waals surface area contributed by atoms with Crippen LogP contribution in [0.1, 0.15) is 18.3 Å². The molecule has 0 aliphatic carbocycles. The van der Waals surface area contributed by atoms with Crippen molar-refractivity contribution in [3.8, 4) is 0 Å². The maximum Gasteiger partial charge on any atom is 0.191 e. The van der Waals surface area contributed by atoms with Crippen LogP contribution in [0.15, 0.2) is 41.7 Å². The summed E-state index contributed by atoms with van der Waals surface area (Å²) in [5.41, 5.74) is 1.33. The molecule has 26 heavy (non-hydrogen) atoms. The highest BCUT2D eigenvalue weighted by molar-refractivity contribution is 14.0.